The molecule has 0 aliphatic heterocycles. The van der Waals surface area contributed by atoms with Crippen LogP contribution >= 0.6 is 0 Å². The summed E-state index contributed by atoms with van der Waals surface area (Å²) in [6.45, 7) is 3.65. The van der Waals surface area contributed by atoms with E-state index in [-0.39, 0.29) is 23.6 Å². The molecule has 0 atom stereocenters. The molecule has 1 heterocycles. The quantitative estimate of drug-likeness (QED) is 0.805. The van der Waals surface area contributed by atoms with E-state index in [2.05, 4.69) is 4.98 Å². The zero-order valence-electron chi connectivity index (χ0n) is 13.5. The predicted molar refractivity (Wildman–Crippen MR) is 84.1 cm³/mol. The molecular weight excluding hydrogens is 305 g/mol. The number of alkyl halides is 3. The Hall–Kier alpha value is -1.56. The third kappa shape index (κ3) is 4.47. The Morgan fingerprint density at radius 2 is 1.70 bits per heavy atom. The summed E-state index contributed by atoms with van der Waals surface area (Å²) in [5.41, 5.74) is 4.95. The highest BCUT2D eigenvalue weighted by Crippen LogP contribution is 2.36. The normalized spacial score (nSPS) is 15.1. The van der Waals surface area contributed by atoms with Gasteiger partial charge < -0.3 is 10.2 Å². The van der Waals surface area contributed by atoms with E-state index in [0.29, 0.717) is 11.5 Å². The second kappa shape index (κ2) is 7.34. The van der Waals surface area contributed by atoms with Crippen molar-refractivity contribution in [2.24, 2.45) is 5.73 Å². The van der Waals surface area contributed by atoms with E-state index in [4.69, 9.17) is 10.2 Å². The lowest BCUT2D eigenvalue weighted by Gasteiger charge is -2.08. The van der Waals surface area contributed by atoms with Gasteiger partial charge in [-0.3, -0.25) is 0 Å². The first-order chi connectivity index (χ1) is 10.8. The molecule has 2 N–H and O–H groups in total. The second-order valence-corrected chi connectivity index (χ2v) is 6.17. The van der Waals surface area contributed by atoms with E-state index in [9.17, 15) is 13.2 Å². The summed E-state index contributed by atoms with van der Waals surface area (Å²) >= 11 is 0. The molecule has 128 valence electrons. The molecule has 2 aromatic rings. The molecule has 1 aromatic heterocycles. The fourth-order valence-corrected chi connectivity index (χ4v) is 2.57. The predicted octanol–water partition coefficient (Wildman–Crippen LogP) is 5.38. The molecule has 0 amide bonds. The van der Waals surface area contributed by atoms with Gasteiger partial charge in [-0.25, -0.2) is 4.98 Å². The Kier molecular flexibility index (Phi) is 5.68. The molecular formula is C17H23F3N2O. The van der Waals surface area contributed by atoms with Gasteiger partial charge in [0, 0.05) is 12.5 Å². The average molecular weight is 328 g/mol. The number of nitrogens with zero attached hydrogens (tertiary/aromatic N) is 1. The summed E-state index contributed by atoms with van der Waals surface area (Å²) in [7, 11) is 0. The van der Waals surface area contributed by atoms with Gasteiger partial charge in [0.1, 0.15) is 11.1 Å². The lowest BCUT2D eigenvalue weighted by molar-refractivity contribution is -0.136. The van der Waals surface area contributed by atoms with Gasteiger partial charge in [0.05, 0.1) is 0 Å². The van der Waals surface area contributed by atoms with E-state index in [0.717, 1.165) is 6.07 Å². The van der Waals surface area contributed by atoms with Crippen molar-refractivity contribution in [2.75, 3.05) is 0 Å². The lowest BCUT2D eigenvalue weighted by Crippen LogP contribution is -2.07. The molecule has 6 heteroatoms. The van der Waals surface area contributed by atoms with Crippen LogP contribution in [0.1, 0.15) is 68.9 Å². The Labute approximate surface area is 134 Å². The molecule has 3 rings (SSSR count). The lowest BCUT2D eigenvalue weighted by atomic mass is 10.1. The largest absolute Gasteiger partial charge is 0.440 e. The average Bonchev–Trinajstić information content (AvgIpc) is 3.17. The van der Waals surface area contributed by atoms with Crippen molar-refractivity contribution >= 4 is 11.1 Å². The fraction of sp³-hybridized carbons (Fsp3) is 0.588. The molecule has 0 radical (unpaired) electrons. The summed E-state index contributed by atoms with van der Waals surface area (Å²) in [4.78, 5) is 4.07. The van der Waals surface area contributed by atoms with Gasteiger partial charge in [-0.05, 0) is 17.7 Å². The van der Waals surface area contributed by atoms with Crippen molar-refractivity contribution in [3.05, 3.63) is 29.2 Å². The van der Waals surface area contributed by atoms with Crippen molar-refractivity contribution in [2.45, 2.75) is 64.6 Å². The Balaban J connectivity index is 0.000000326. The molecule has 0 bridgehead atoms. The monoisotopic (exact) mass is 328 g/mol. The molecule has 1 aliphatic rings. The van der Waals surface area contributed by atoms with Crippen molar-refractivity contribution in [3.63, 3.8) is 0 Å². The van der Waals surface area contributed by atoms with Gasteiger partial charge in [0.25, 0.3) is 0 Å². The number of oxazole rings is 1. The van der Waals surface area contributed by atoms with Crippen LogP contribution in [0.4, 0.5) is 13.2 Å². The highest BCUT2D eigenvalue weighted by molar-refractivity contribution is 5.78. The first-order valence-corrected chi connectivity index (χ1v) is 8.03. The maximum atomic E-state index is 12.9. The van der Waals surface area contributed by atoms with Crippen LogP contribution < -0.4 is 5.73 Å². The maximum Gasteiger partial charge on any atom is 0.420 e. The van der Waals surface area contributed by atoms with Crippen molar-refractivity contribution in [1.82, 2.24) is 4.98 Å². The molecule has 1 saturated carbocycles. The zero-order chi connectivity index (χ0) is 17.0. The van der Waals surface area contributed by atoms with E-state index in [1.807, 2.05) is 13.8 Å². The standard InChI is InChI=1S/C12H13F3N2O.C5H10/c1-6(2)11-17-9-4-7(5-16)3-8(10(9)18-11)12(13,14)15;1-2-4-5-3-1/h3-4,6H,5,16H2,1-2H3;1-5H2. The summed E-state index contributed by atoms with van der Waals surface area (Å²) in [5, 5.41) is 0. The van der Waals surface area contributed by atoms with Crippen LogP contribution in [-0.2, 0) is 12.7 Å². The first-order valence-electron chi connectivity index (χ1n) is 8.03. The van der Waals surface area contributed by atoms with E-state index in [1.54, 1.807) is 0 Å². The Morgan fingerprint density at radius 3 is 2.13 bits per heavy atom. The summed E-state index contributed by atoms with van der Waals surface area (Å²) in [5.74, 6) is 0.226. The minimum absolute atomic E-state index is 0.0306. The molecule has 1 aliphatic carbocycles. The van der Waals surface area contributed by atoms with Crippen LogP contribution in [-0.4, -0.2) is 4.98 Å². The minimum Gasteiger partial charge on any atom is -0.440 e. The molecule has 1 aromatic carbocycles. The minimum atomic E-state index is -4.47. The van der Waals surface area contributed by atoms with E-state index in [1.165, 1.54) is 38.2 Å². The van der Waals surface area contributed by atoms with Crippen LogP contribution in [0.3, 0.4) is 0 Å². The molecule has 0 spiro atoms. The number of benzene rings is 1. The number of fused-ring (bicyclic) bond motifs is 1. The van der Waals surface area contributed by atoms with Gasteiger partial charge in [-0.15, -0.1) is 0 Å². The van der Waals surface area contributed by atoms with Crippen LogP contribution in [0.25, 0.3) is 11.1 Å². The summed E-state index contributed by atoms with van der Waals surface area (Å²) in [6, 6.07) is 2.54. The SMILES string of the molecule is C1CCCC1.CC(C)c1nc2cc(CN)cc(C(F)(F)F)c2o1. The summed E-state index contributed by atoms with van der Waals surface area (Å²) < 4.78 is 44.0. The van der Waals surface area contributed by atoms with Crippen LogP contribution in [0.2, 0.25) is 0 Å². The maximum absolute atomic E-state index is 12.9. The topological polar surface area (TPSA) is 52.0 Å². The molecule has 0 saturated heterocycles. The highest BCUT2D eigenvalue weighted by atomic mass is 19.4. The number of halogens is 3. The van der Waals surface area contributed by atoms with Gasteiger partial charge in [0.15, 0.2) is 11.5 Å². The first kappa shape index (κ1) is 17.8. The zero-order valence-corrected chi connectivity index (χ0v) is 13.5. The van der Waals surface area contributed by atoms with Crippen LogP contribution in [0.15, 0.2) is 16.5 Å². The van der Waals surface area contributed by atoms with Gasteiger partial charge >= 0.3 is 6.18 Å². The highest BCUT2D eigenvalue weighted by Gasteiger charge is 2.35. The Morgan fingerprint density at radius 1 is 1.13 bits per heavy atom. The molecule has 23 heavy (non-hydrogen) atoms. The number of hydrogen-bond donors (Lipinski definition) is 1. The fourth-order valence-electron chi connectivity index (χ4n) is 2.57. The van der Waals surface area contributed by atoms with Gasteiger partial charge in [-0.2, -0.15) is 13.2 Å². The number of aromatic nitrogens is 1. The second-order valence-electron chi connectivity index (χ2n) is 6.17. The molecule has 1 fully saturated rings. The number of rotatable bonds is 2. The summed E-state index contributed by atoms with van der Waals surface area (Å²) in [6.07, 6.45) is 3.03. The van der Waals surface area contributed by atoms with Gasteiger partial charge in [-0.1, -0.05) is 46.0 Å². The number of hydrogen-bond acceptors (Lipinski definition) is 3. The van der Waals surface area contributed by atoms with Crippen LogP contribution in [0.5, 0.6) is 0 Å². The molecule has 0 unspecified atom stereocenters. The third-order valence-corrected chi connectivity index (χ3v) is 3.85. The number of nitrogens with two attached hydrogens (primary N) is 1. The Bertz CT molecular complexity index is 635. The van der Waals surface area contributed by atoms with E-state index < -0.39 is 11.7 Å². The van der Waals surface area contributed by atoms with Crippen molar-refractivity contribution in [1.29, 1.82) is 0 Å². The third-order valence-electron chi connectivity index (χ3n) is 3.85. The molecule has 3 nitrogen and oxygen atoms in total. The smallest absolute Gasteiger partial charge is 0.420 e. The van der Waals surface area contributed by atoms with Gasteiger partial charge in [0.2, 0.25) is 0 Å². The van der Waals surface area contributed by atoms with Crippen molar-refractivity contribution < 1.29 is 17.6 Å². The van der Waals surface area contributed by atoms with E-state index >= 15 is 0 Å². The van der Waals surface area contributed by atoms with Crippen LogP contribution in [0, 0.1) is 0 Å². The van der Waals surface area contributed by atoms with Crippen molar-refractivity contribution in [3.8, 4) is 0 Å².